The number of nitrogens with one attached hydrogen (secondary N) is 1. The zero-order valence-corrected chi connectivity index (χ0v) is 15.9. The van der Waals surface area contributed by atoms with Crippen LogP contribution < -0.4 is 5.32 Å². The number of piperidine rings is 1. The quantitative estimate of drug-likeness (QED) is 0.790. The van der Waals surface area contributed by atoms with Gasteiger partial charge in [0.05, 0.1) is 5.56 Å². The molecule has 0 bridgehead atoms. The summed E-state index contributed by atoms with van der Waals surface area (Å²) in [6, 6.07) is 12.4. The average Bonchev–Trinajstić information content (AvgIpc) is 2.68. The molecule has 1 aliphatic heterocycles. The second-order valence-electron chi connectivity index (χ2n) is 7.54. The second kappa shape index (κ2) is 8.78. The van der Waals surface area contributed by atoms with Crippen LogP contribution in [0.5, 0.6) is 0 Å². The normalized spacial score (nSPS) is 16.1. The van der Waals surface area contributed by atoms with Crippen LogP contribution in [0.25, 0.3) is 0 Å². The summed E-state index contributed by atoms with van der Waals surface area (Å²) in [5, 5.41) is 2.68. The van der Waals surface area contributed by atoms with Gasteiger partial charge in [-0.15, -0.1) is 0 Å². The number of rotatable bonds is 5. The summed E-state index contributed by atoms with van der Waals surface area (Å²) in [6.07, 6.45) is -1.95. The van der Waals surface area contributed by atoms with Crippen molar-refractivity contribution in [2.24, 2.45) is 5.92 Å². The van der Waals surface area contributed by atoms with Crippen molar-refractivity contribution in [1.29, 1.82) is 0 Å². The lowest BCUT2D eigenvalue weighted by atomic mass is 9.99. The van der Waals surface area contributed by atoms with Crippen LogP contribution in [0.1, 0.15) is 46.8 Å². The SMILES string of the molecule is CC1CCN(Cc2ccc(C(=O)NCc3cccc(C(F)(F)F)c3)cc2)CC1. The predicted octanol–water partition coefficient (Wildman–Crippen LogP) is 4.87. The number of halogens is 3. The van der Waals surface area contributed by atoms with Gasteiger partial charge in [-0.2, -0.15) is 13.2 Å². The minimum atomic E-state index is -4.39. The van der Waals surface area contributed by atoms with Crippen molar-refractivity contribution in [2.75, 3.05) is 13.1 Å². The van der Waals surface area contributed by atoms with E-state index >= 15 is 0 Å². The Morgan fingerprint density at radius 3 is 2.39 bits per heavy atom. The van der Waals surface area contributed by atoms with E-state index in [-0.39, 0.29) is 12.5 Å². The highest BCUT2D eigenvalue weighted by atomic mass is 19.4. The number of alkyl halides is 3. The van der Waals surface area contributed by atoms with Gasteiger partial charge in [-0.3, -0.25) is 9.69 Å². The highest BCUT2D eigenvalue weighted by Gasteiger charge is 2.30. The number of benzene rings is 2. The number of carbonyl (C=O) groups is 1. The van der Waals surface area contributed by atoms with Crippen molar-refractivity contribution in [3.63, 3.8) is 0 Å². The molecule has 1 aliphatic rings. The first-order valence-corrected chi connectivity index (χ1v) is 9.57. The van der Waals surface area contributed by atoms with Gasteiger partial charge in [-0.25, -0.2) is 0 Å². The number of amides is 1. The molecule has 0 unspecified atom stereocenters. The topological polar surface area (TPSA) is 32.3 Å². The van der Waals surface area contributed by atoms with E-state index in [4.69, 9.17) is 0 Å². The summed E-state index contributed by atoms with van der Waals surface area (Å²) in [7, 11) is 0. The number of nitrogens with zero attached hydrogens (tertiary/aromatic N) is 1. The molecule has 0 aromatic heterocycles. The van der Waals surface area contributed by atoms with E-state index in [1.165, 1.54) is 18.9 Å². The predicted molar refractivity (Wildman–Crippen MR) is 103 cm³/mol. The van der Waals surface area contributed by atoms with Crippen LogP contribution in [0.4, 0.5) is 13.2 Å². The van der Waals surface area contributed by atoms with E-state index in [1.807, 2.05) is 12.1 Å². The van der Waals surface area contributed by atoms with Gasteiger partial charge in [0.15, 0.2) is 0 Å². The maximum absolute atomic E-state index is 12.8. The van der Waals surface area contributed by atoms with E-state index < -0.39 is 11.7 Å². The van der Waals surface area contributed by atoms with E-state index in [0.29, 0.717) is 11.1 Å². The zero-order valence-electron chi connectivity index (χ0n) is 15.9. The van der Waals surface area contributed by atoms with E-state index in [9.17, 15) is 18.0 Å². The lowest BCUT2D eigenvalue weighted by Crippen LogP contribution is -2.32. The van der Waals surface area contributed by atoms with Crippen LogP contribution in [0.2, 0.25) is 0 Å². The average molecular weight is 390 g/mol. The zero-order chi connectivity index (χ0) is 20.1. The van der Waals surface area contributed by atoms with Crippen LogP contribution >= 0.6 is 0 Å². The van der Waals surface area contributed by atoms with E-state index in [2.05, 4.69) is 17.1 Å². The molecule has 0 saturated carbocycles. The maximum Gasteiger partial charge on any atom is 0.416 e. The first-order valence-electron chi connectivity index (χ1n) is 9.57. The summed E-state index contributed by atoms with van der Waals surface area (Å²) in [4.78, 5) is 14.7. The molecule has 150 valence electrons. The molecule has 6 heteroatoms. The van der Waals surface area contributed by atoms with Gasteiger partial charge in [0, 0.05) is 18.7 Å². The molecular weight excluding hydrogens is 365 g/mol. The van der Waals surface area contributed by atoms with Gasteiger partial charge >= 0.3 is 6.18 Å². The summed E-state index contributed by atoms with van der Waals surface area (Å²) < 4.78 is 38.3. The van der Waals surface area contributed by atoms with Crippen molar-refractivity contribution in [3.8, 4) is 0 Å². The standard InChI is InChI=1S/C22H25F3N2O/c1-16-9-11-27(12-10-16)15-17-5-7-19(8-6-17)21(28)26-14-18-3-2-4-20(13-18)22(23,24)25/h2-8,13,16H,9-12,14-15H2,1H3,(H,26,28). The molecular formula is C22H25F3N2O. The van der Waals surface area contributed by atoms with Crippen LogP contribution in [0.3, 0.4) is 0 Å². The molecule has 0 spiro atoms. The van der Waals surface area contributed by atoms with Crippen LogP contribution in [-0.2, 0) is 19.3 Å². The Labute approximate surface area is 163 Å². The Morgan fingerprint density at radius 2 is 1.75 bits per heavy atom. The Morgan fingerprint density at radius 1 is 1.07 bits per heavy atom. The number of hydrogen-bond acceptors (Lipinski definition) is 2. The van der Waals surface area contributed by atoms with Gasteiger partial charge in [0.25, 0.3) is 5.91 Å². The third-order valence-corrected chi connectivity index (χ3v) is 5.21. The number of likely N-dealkylation sites (tertiary alicyclic amines) is 1. The Kier molecular flexibility index (Phi) is 6.39. The maximum atomic E-state index is 12.8. The molecule has 2 aromatic rings. The molecule has 3 rings (SSSR count). The lowest BCUT2D eigenvalue weighted by molar-refractivity contribution is -0.137. The lowest BCUT2D eigenvalue weighted by Gasteiger charge is -2.30. The summed E-state index contributed by atoms with van der Waals surface area (Å²) in [6.45, 7) is 5.40. The molecule has 0 aliphatic carbocycles. The van der Waals surface area contributed by atoms with Crippen LogP contribution in [-0.4, -0.2) is 23.9 Å². The summed E-state index contributed by atoms with van der Waals surface area (Å²) in [5.41, 5.74) is 1.36. The van der Waals surface area contributed by atoms with Crippen molar-refractivity contribution < 1.29 is 18.0 Å². The molecule has 0 atom stereocenters. The van der Waals surface area contributed by atoms with Crippen molar-refractivity contribution in [2.45, 2.75) is 39.0 Å². The molecule has 1 amide bonds. The fourth-order valence-corrected chi connectivity index (χ4v) is 3.38. The van der Waals surface area contributed by atoms with Crippen molar-refractivity contribution in [3.05, 3.63) is 70.8 Å². The van der Waals surface area contributed by atoms with Gasteiger partial charge < -0.3 is 5.32 Å². The molecule has 0 radical (unpaired) electrons. The van der Waals surface area contributed by atoms with Crippen LogP contribution in [0, 0.1) is 5.92 Å². The highest BCUT2D eigenvalue weighted by Crippen LogP contribution is 2.29. The van der Waals surface area contributed by atoms with Crippen molar-refractivity contribution >= 4 is 5.91 Å². The van der Waals surface area contributed by atoms with Crippen molar-refractivity contribution in [1.82, 2.24) is 10.2 Å². The Bertz CT molecular complexity index is 794. The fraction of sp³-hybridized carbons (Fsp3) is 0.409. The highest BCUT2D eigenvalue weighted by molar-refractivity contribution is 5.94. The second-order valence-corrected chi connectivity index (χ2v) is 7.54. The Hall–Kier alpha value is -2.34. The van der Waals surface area contributed by atoms with Gasteiger partial charge in [-0.1, -0.05) is 31.2 Å². The van der Waals surface area contributed by atoms with Gasteiger partial charge in [0.1, 0.15) is 0 Å². The van der Waals surface area contributed by atoms with Crippen LogP contribution in [0.15, 0.2) is 48.5 Å². The molecule has 1 saturated heterocycles. The van der Waals surface area contributed by atoms with Gasteiger partial charge in [0.2, 0.25) is 0 Å². The molecule has 3 nitrogen and oxygen atoms in total. The van der Waals surface area contributed by atoms with Gasteiger partial charge in [-0.05, 0) is 67.2 Å². The molecule has 1 N–H and O–H groups in total. The molecule has 1 heterocycles. The third-order valence-electron chi connectivity index (χ3n) is 5.21. The first-order chi connectivity index (χ1) is 13.3. The van der Waals surface area contributed by atoms with E-state index in [0.717, 1.165) is 43.2 Å². The molecule has 2 aromatic carbocycles. The Balaban J connectivity index is 1.53. The first kappa shape index (κ1) is 20.4. The minimum Gasteiger partial charge on any atom is -0.348 e. The molecule has 28 heavy (non-hydrogen) atoms. The fourth-order valence-electron chi connectivity index (χ4n) is 3.38. The third kappa shape index (κ3) is 5.58. The summed E-state index contributed by atoms with van der Waals surface area (Å²) >= 11 is 0. The largest absolute Gasteiger partial charge is 0.416 e. The summed E-state index contributed by atoms with van der Waals surface area (Å²) in [5.74, 6) is 0.495. The number of carbonyl (C=O) groups excluding carboxylic acids is 1. The minimum absolute atomic E-state index is 0.0521. The number of hydrogen-bond donors (Lipinski definition) is 1. The smallest absolute Gasteiger partial charge is 0.348 e. The molecule has 1 fully saturated rings. The van der Waals surface area contributed by atoms with E-state index in [1.54, 1.807) is 18.2 Å². The monoisotopic (exact) mass is 390 g/mol.